The van der Waals surface area contributed by atoms with Gasteiger partial charge in [0.2, 0.25) is 11.8 Å². The fourth-order valence-corrected chi connectivity index (χ4v) is 3.64. The van der Waals surface area contributed by atoms with Crippen LogP contribution < -0.4 is 5.32 Å². The van der Waals surface area contributed by atoms with E-state index >= 15 is 0 Å². The first kappa shape index (κ1) is 20.6. The van der Waals surface area contributed by atoms with Crippen molar-refractivity contribution in [2.45, 2.75) is 24.4 Å². The second kappa shape index (κ2) is 9.86. The smallest absolute Gasteiger partial charge is 0.242 e. The number of likely N-dealkylation sites (N-methyl/N-ethyl adjacent to an activating group) is 1. The van der Waals surface area contributed by atoms with Crippen molar-refractivity contribution in [1.82, 2.24) is 10.2 Å². The minimum Gasteiger partial charge on any atom is -0.357 e. The molecule has 1 atom stereocenters. The van der Waals surface area contributed by atoms with E-state index in [-0.39, 0.29) is 24.1 Å². The number of rotatable bonds is 7. The Labute approximate surface area is 167 Å². The highest BCUT2D eigenvalue weighted by atomic mass is 35.5. The van der Waals surface area contributed by atoms with Gasteiger partial charge in [-0.1, -0.05) is 47.5 Å². The summed E-state index contributed by atoms with van der Waals surface area (Å²) in [6.07, 6.45) is 0. The van der Waals surface area contributed by atoms with Gasteiger partial charge in [-0.25, -0.2) is 0 Å². The summed E-state index contributed by atoms with van der Waals surface area (Å²) in [5, 5.41) is 3.58. The molecule has 138 valence electrons. The van der Waals surface area contributed by atoms with Crippen LogP contribution in [-0.2, 0) is 16.1 Å². The third kappa shape index (κ3) is 5.66. The van der Waals surface area contributed by atoms with Crippen LogP contribution >= 0.6 is 35.0 Å². The van der Waals surface area contributed by atoms with E-state index in [4.69, 9.17) is 23.2 Å². The van der Waals surface area contributed by atoms with Crippen LogP contribution in [0.5, 0.6) is 0 Å². The van der Waals surface area contributed by atoms with Gasteiger partial charge in [0.05, 0.1) is 5.75 Å². The molecule has 0 bridgehead atoms. The van der Waals surface area contributed by atoms with E-state index in [1.807, 2.05) is 30.3 Å². The van der Waals surface area contributed by atoms with E-state index < -0.39 is 6.04 Å². The number of nitrogens with one attached hydrogen (secondary N) is 1. The number of halogens is 2. The molecule has 0 spiro atoms. The lowest BCUT2D eigenvalue weighted by Crippen LogP contribution is -2.47. The molecule has 0 saturated carbocycles. The maximum absolute atomic E-state index is 12.8. The van der Waals surface area contributed by atoms with E-state index in [1.54, 1.807) is 32.2 Å². The van der Waals surface area contributed by atoms with Crippen LogP contribution in [-0.4, -0.2) is 35.6 Å². The minimum absolute atomic E-state index is 0.138. The van der Waals surface area contributed by atoms with Gasteiger partial charge in [-0.2, -0.15) is 0 Å². The van der Waals surface area contributed by atoms with Crippen molar-refractivity contribution in [2.24, 2.45) is 0 Å². The van der Waals surface area contributed by atoms with E-state index in [0.717, 1.165) is 10.5 Å². The Hall–Kier alpha value is -1.69. The predicted octanol–water partition coefficient (Wildman–Crippen LogP) is 4.25. The Morgan fingerprint density at radius 3 is 2.46 bits per heavy atom. The van der Waals surface area contributed by atoms with Crippen molar-refractivity contribution >= 4 is 46.8 Å². The van der Waals surface area contributed by atoms with E-state index in [0.29, 0.717) is 10.0 Å². The lowest BCUT2D eigenvalue weighted by Gasteiger charge is -2.28. The van der Waals surface area contributed by atoms with Crippen molar-refractivity contribution in [1.29, 1.82) is 0 Å². The highest BCUT2D eigenvalue weighted by molar-refractivity contribution is 8.00. The Morgan fingerprint density at radius 2 is 1.85 bits per heavy atom. The number of carbonyl (C=O) groups excluding carboxylic acids is 2. The highest BCUT2D eigenvalue weighted by Crippen LogP contribution is 2.24. The van der Waals surface area contributed by atoms with Gasteiger partial charge in [0.1, 0.15) is 6.04 Å². The molecule has 0 fully saturated rings. The zero-order chi connectivity index (χ0) is 19.1. The van der Waals surface area contributed by atoms with Gasteiger partial charge in [-0.3, -0.25) is 9.59 Å². The van der Waals surface area contributed by atoms with Crippen LogP contribution in [0.25, 0.3) is 0 Å². The summed E-state index contributed by atoms with van der Waals surface area (Å²) in [7, 11) is 1.55. The number of nitrogens with zero attached hydrogens (tertiary/aromatic N) is 1. The highest BCUT2D eigenvalue weighted by Gasteiger charge is 2.26. The second-order valence-electron chi connectivity index (χ2n) is 5.65. The van der Waals surface area contributed by atoms with Gasteiger partial charge >= 0.3 is 0 Å². The number of benzene rings is 2. The van der Waals surface area contributed by atoms with E-state index in [2.05, 4.69) is 5.32 Å². The zero-order valence-corrected chi connectivity index (χ0v) is 16.9. The SMILES string of the molecule is CNC(=O)C(C)N(Cc1ccc(Cl)cc1Cl)C(=O)CSc1ccccc1. The largest absolute Gasteiger partial charge is 0.357 e. The van der Waals surface area contributed by atoms with Crippen LogP contribution in [0.1, 0.15) is 12.5 Å². The first-order valence-corrected chi connectivity index (χ1v) is 9.79. The molecule has 7 heteroatoms. The van der Waals surface area contributed by atoms with E-state index in [1.165, 1.54) is 16.7 Å². The molecule has 2 aromatic rings. The fraction of sp³-hybridized carbons (Fsp3) is 0.263. The van der Waals surface area contributed by atoms with E-state index in [9.17, 15) is 9.59 Å². The maximum atomic E-state index is 12.8. The molecule has 0 heterocycles. The number of amides is 2. The predicted molar refractivity (Wildman–Crippen MR) is 108 cm³/mol. The number of thioether (sulfide) groups is 1. The molecule has 2 aromatic carbocycles. The lowest BCUT2D eigenvalue weighted by molar-refractivity contribution is -0.138. The lowest BCUT2D eigenvalue weighted by atomic mass is 10.1. The quantitative estimate of drug-likeness (QED) is 0.693. The molecule has 4 nitrogen and oxygen atoms in total. The van der Waals surface area contributed by atoms with Crippen LogP contribution in [0, 0.1) is 0 Å². The van der Waals surface area contributed by atoms with Gasteiger partial charge in [0.25, 0.3) is 0 Å². The summed E-state index contributed by atoms with van der Waals surface area (Å²) in [6, 6.07) is 14.2. The van der Waals surface area contributed by atoms with Gasteiger partial charge in [-0.15, -0.1) is 11.8 Å². The van der Waals surface area contributed by atoms with Crippen LogP contribution in [0.4, 0.5) is 0 Å². The molecule has 0 saturated heterocycles. The fourth-order valence-electron chi connectivity index (χ4n) is 2.37. The molecule has 0 aromatic heterocycles. The van der Waals surface area contributed by atoms with Crippen molar-refractivity contribution in [2.75, 3.05) is 12.8 Å². The summed E-state index contributed by atoms with van der Waals surface area (Å²) in [6.45, 7) is 1.94. The molecule has 1 N–H and O–H groups in total. The third-order valence-electron chi connectivity index (χ3n) is 3.88. The molecule has 0 aliphatic carbocycles. The number of carbonyl (C=O) groups is 2. The first-order valence-electron chi connectivity index (χ1n) is 8.05. The first-order chi connectivity index (χ1) is 12.4. The summed E-state index contributed by atoms with van der Waals surface area (Å²) in [5.74, 6) is -0.134. The summed E-state index contributed by atoms with van der Waals surface area (Å²) < 4.78 is 0. The van der Waals surface area contributed by atoms with Crippen LogP contribution in [0.2, 0.25) is 10.0 Å². The Balaban J connectivity index is 2.16. The van der Waals surface area contributed by atoms with Gasteiger partial charge in [0.15, 0.2) is 0 Å². The molecule has 2 rings (SSSR count). The standard InChI is InChI=1S/C19H20Cl2N2O2S/c1-13(19(25)22-2)23(11-14-8-9-15(20)10-17(14)21)18(24)12-26-16-6-4-3-5-7-16/h3-10,13H,11-12H2,1-2H3,(H,22,25). The monoisotopic (exact) mass is 410 g/mol. The van der Waals surface area contributed by atoms with Gasteiger partial charge in [0, 0.05) is 28.5 Å². The summed E-state index contributed by atoms with van der Waals surface area (Å²) >= 11 is 13.6. The average Bonchev–Trinajstić information content (AvgIpc) is 2.65. The topological polar surface area (TPSA) is 49.4 Å². The molecule has 2 amide bonds. The molecule has 1 unspecified atom stereocenters. The second-order valence-corrected chi connectivity index (χ2v) is 7.54. The Morgan fingerprint density at radius 1 is 1.15 bits per heavy atom. The molecule has 0 aliphatic heterocycles. The zero-order valence-electron chi connectivity index (χ0n) is 14.5. The molecule has 26 heavy (non-hydrogen) atoms. The molecular weight excluding hydrogens is 391 g/mol. The minimum atomic E-state index is -0.615. The molecular formula is C19H20Cl2N2O2S. The average molecular weight is 411 g/mol. The normalized spacial score (nSPS) is 11.7. The van der Waals surface area contributed by atoms with Gasteiger partial charge < -0.3 is 10.2 Å². The number of hydrogen-bond acceptors (Lipinski definition) is 3. The van der Waals surface area contributed by atoms with Crippen molar-refractivity contribution in [3.63, 3.8) is 0 Å². The number of hydrogen-bond donors (Lipinski definition) is 1. The molecule has 0 radical (unpaired) electrons. The Bertz CT molecular complexity index is 771. The Kier molecular flexibility index (Phi) is 7.82. The third-order valence-corrected chi connectivity index (χ3v) is 5.46. The van der Waals surface area contributed by atoms with Crippen molar-refractivity contribution in [3.8, 4) is 0 Å². The van der Waals surface area contributed by atoms with Crippen molar-refractivity contribution < 1.29 is 9.59 Å². The summed E-state index contributed by atoms with van der Waals surface area (Å²) in [5.41, 5.74) is 0.741. The van der Waals surface area contributed by atoms with Crippen LogP contribution in [0.3, 0.4) is 0 Å². The van der Waals surface area contributed by atoms with Gasteiger partial charge in [-0.05, 0) is 36.8 Å². The summed E-state index contributed by atoms with van der Waals surface area (Å²) in [4.78, 5) is 27.4. The van der Waals surface area contributed by atoms with Crippen LogP contribution in [0.15, 0.2) is 53.4 Å². The maximum Gasteiger partial charge on any atom is 0.242 e. The van der Waals surface area contributed by atoms with Crippen molar-refractivity contribution in [3.05, 3.63) is 64.1 Å². The molecule has 0 aliphatic rings.